The highest BCUT2D eigenvalue weighted by molar-refractivity contribution is 5.97. The Morgan fingerprint density at radius 2 is 2.00 bits per heavy atom. The van der Waals surface area contributed by atoms with Gasteiger partial charge in [-0.2, -0.15) is 5.26 Å². The average molecular weight is 493 g/mol. The molecule has 186 valence electrons. The number of aliphatic hydroxyl groups is 1. The molecule has 0 bridgehead atoms. The molecule has 4 aromatic rings. The van der Waals surface area contributed by atoms with Gasteiger partial charge in [0.15, 0.2) is 5.82 Å². The molecule has 37 heavy (non-hydrogen) atoms. The van der Waals surface area contributed by atoms with Gasteiger partial charge < -0.3 is 19.5 Å². The van der Waals surface area contributed by atoms with E-state index in [9.17, 15) is 9.90 Å². The molecule has 1 atom stereocenters. The second-order valence-corrected chi connectivity index (χ2v) is 9.83. The first kappa shape index (κ1) is 23.2. The van der Waals surface area contributed by atoms with Gasteiger partial charge in [0.1, 0.15) is 0 Å². The number of nitriles is 1. The third kappa shape index (κ3) is 4.12. The first-order valence-electron chi connectivity index (χ1n) is 12.5. The highest BCUT2D eigenvalue weighted by atomic mass is 16.3. The second-order valence-electron chi connectivity index (χ2n) is 9.83. The minimum absolute atomic E-state index is 0.0540. The molecule has 1 amide bonds. The van der Waals surface area contributed by atoms with Gasteiger partial charge >= 0.3 is 0 Å². The molecule has 2 aromatic carbocycles. The van der Waals surface area contributed by atoms with Gasteiger partial charge in [-0.1, -0.05) is 12.1 Å². The molecule has 0 radical (unpaired) electrons. The van der Waals surface area contributed by atoms with Crippen molar-refractivity contribution < 1.29 is 9.90 Å². The highest BCUT2D eigenvalue weighted by Gasteiger charge is 2.33. The third-order valence-electron chi connectivity index (χ3n) is 7.42. The topological polar surface area (TPSA) is 90.3 Å². The summed E-state index contributed by atoms with van der Waals surface area (Å²) in [5, 5.41) is 18.3. The Morgan fingerprint density at radius 1 is 1.16 bits per heavy atom. The summed E-state index contributed by atoms with van der Waals surface area (Å²) in [5.41, 5.74) is 6.87. The average Bonchev–Trinajstić information content (AvgIpc) is 3.62. The van der Waals surface area contributed by atoms with Crippen LogP contribution in [0.25, 0.3) is 28.3 Å². The summed E-state index contributed by atoms with van der Waals surface area (Å²) in [6, 6.07) is 18.2. The fourth-order valence-electron chi connectivity index (χ4n) is 5.50. The number of aromatic nitrogens is 3. The normalized spacial score (nSPS) is 16.3. The van der Waals surface area contributed by atoms with Gasteiger partial charge in [0.2, 0.25) is 5.91 Å². The molecule has 8 heteroatoms. The van der Waals surface area contributed by atoms with Crippen molar-refractivity contribution in [2.24, 2.45) is 5.92 Å². The Morgan fingerprint density at radius 3 is 2.78 bits per heavy atom. The zero-order valence-electron chi connectivity index (χ0n) is 20.7. The molecule has 2 aliphatic heterocycles. The molecule has 4 heterocycles. The number of likely N-dealkylation sites (N-methyl/N-ethyl adjacent to an activating group) is 1. The van der Waals surface area contributed by atoms with E-state index in [1.54, 1.807) is 0 Å². The van der Waals surface area contributed by atoms with E-state index in [2.05, 4.69) is 44.6 Å². The van der Waals surface area contributed by atoms with E-state index in [4.69, 9.17) is 5.26 Å². The molecule has 6 rings (SSSR count). The van der Waals surface area contributed by atoms with Gasteiger partial charge in [-0.3, -0.25) is 9.36 Å². The largest absolute Gasteiger partial charge is 0.395 e. The van der Waals surface area contributed by atoms with Crippen LogP contribution in [0.15, 0.2) is 67.1 Å². The molecular weight excluding hydrogens is 464 g/mol. The zero-order valence-corrected chi connectivity index (χ0v) is 20.7. The van der Waals surface area contributed by atoms with E-state index in [0.717, 1.165) is 46.0 Å². The van der Waals surface area contributed by atoms with E-state index < -0.39 is 0 Å². The molecule has 2 aromatic heterocycles. The lowest BCUT2D eigenvalue weighted by atomic mass is 10.1. The number of amides is 1. The SMILES string of the molecule is CN(CCO)CC1CCN(c2ccc3c(c2)Cn2cc(-c4ccc(C#N)cc4)cc2-c2nccn2-3)C1=O. The quantitative estimate of drug-likeness (QED) is 0.392. The van der Waals surface area contributed by atoms with Crippen LogP contribution in [0.4, 0.5) is 5.69 Å². The van der Waals surface area contributed by atoms with Gasteiger partial charge in [0.05, 0.1) is 35.5 Å². The van der Waals surface area contributed by atoms with Crippen LogP contribution in [0.5, 0.6) is 0 Å². The molecule has 1 fully saturated rings. The van der Waals surface area contributed by atoms with Crippen LogP contribution >= 0.6 is 0 Å². The van der Waals surface area contributed by atoms with Gasteiger partial charge in [0, 0.05) is 56.0 Å². The Labute approximate surface area is 215 Å². The first-order valence-corrected chi connectivity index (χ1v) is 12.5. The monoisotopic (exact) mass is 492 g/mol. The molecular formula is C29H28N6O2. The minimum Gasteiger partial charge on any atom is -0.395 e. The molecule has 0 spiro atoms. The van der Waals surface area contributed by atoms with Gasteiger partial charge in [-0.15, -0.1) is 0 Å². The molecule has 1 unspecified atom stereocenters. The number of hydrogen-bond donors (Lipinski definition) is 1. The van der Waals surface area contributed by atoms with Crippen molar-refractivity contribution in [1.29, 1.82) is 5.26 Å². The molecule has 1 N–H and O–H groups in total. The van der Waals surface area contributed by atoms with Crippen molar-refractivity contribution in [2.75, 3.05) is 38.2 Å². The number of rotatable bonds is 6. The summed E-state index contributed by atoms with van der Waals surface area (Å²) in [4.78, 5) is 21.8. The van der Waals surface area contributed by atoms with Gasteiger partial charge in [0.25, 0.3) is 0 Å². The lowest BCUT2D eigenvalue weighted by Gasteiger charge is -2.21. The van der Waals surface area contributed by atoms with Crippen molar-refractivity contribution in [2.45, 2.75) is 13.0 Å². The first-order chi connectivity index (χ1) is 18.1. The number of fused-ring (bicyclic) bond motifs is 5. The Hall–Kier alpha value is -4.19. The van der Waals surface area contributed by atoms with Crippen molar-refractivity contribution in [3.8, 4) is 34.4 Å². The van der Waals surface area contributed by atoms with Gasteiger partial charge in [-0.25, -0.2) is 4.98 Å². The summed E-state index contributed by atoms with van der Waals surface area (Å²) in [7, 11) is 1.94. The maximum absolute atomic E-state index is 13.2. The molecule has 0 saturated carbocycles. The molecule has 8 nitrogen and oxygen atoms in total. The van der Waals surface area contributed by atoms with E-state index in [-0.39, 0.29) is 18.4 Å². The third-order valence-corrected chi connectivity index (χ3v) is 7.42. The van der Waals surface area contributed by atoms with E-state index in [1.165, 1.54) is 0 Å². The summed E-state index contributed by atoms with van der Waals surface area (Å²) in [6.45, 7) is 2.67. The maximum atomic E-state index is 13.2. The van der Waals surface area contributed by atoms with E-state index >= 15 is 0 Å². The lowest BCUT2D eigenvalue weighted by molar-refractivity contribution is -0.120. The number of aliphatic hydroxyl groups excluding tert-OH is 1. The standard InChI is InChI=1S/C29H28N6O2/c1-32(12-13-36)17-22-8-10-34(29(22)37)25-6-7-26-24(14-25)19-33-18-23(21-4-2-20(16-30)3-5-21)15-27(33)28-31-9-11-35(26)28/h2-7,9,11,14-15,18,22,36H,8,10,12-13,17,19H2,1H3. The van der Waals surface area contributed by atoms with Crippen LogP contribution in [-0.2, 0) is 11.3 Å². The number of carbonyl (C=O) groups is 1. The Kier molecular flexibility index (Phi) is 5.87. The maximum Gasteiger partial charge on any atom is 0.231 e. The van der Waals surface area contributed by atoms with Crippen molar-refractivity contribution >= 4 is 11.6 Å². The number of anilines is 1. The highest BCUT2D eigenvalue weighted by Crippen LogP contribution is 2.36. The zero-order chi connectivity index (χ0) is 25.5. The smallest absolute Gasteiger partial charge is 0.231 e. The fourth-order valence-corrected chi connectivity index (χ4v) is 5.50. The number of imidazole rings is 1. The van der Waals surface area contributed by atoms with E-state index in [1.807, 2.05) is 59.6 Å². The second kappa shape index (κ2) is 9.36. The lowest BCUT2D eigenvalue weighted by Crippen LogP contribution is -2.34. The Balaban J connectivity index is 1.33. The fraction of sp³-hybridized carbons (Fsp3) is 0.276. The van der Waals surface area contributed by atoms with Crippen LogP contribution in [-0.4, -0.2) is 63.3 Å². The summed E-state index contributed by atoms with van der Waals surface area (Å²) >= 11 is 0. The number of benzene rings is 2. The van der Waals surface area contributed by atoms with Crippen molar-refractivity contribution in [3.05, 3.63) is 78.2 Å². The van der Waals surface area contributed by atoms with Crippen LogP contribution < -0.4 is 4.90 Å². The number of hydrogen-bond acceptors (Lipinski definition) is 5. The van der Waals surface area contributed by atoms with Crippen molar-refractivity contribution in [1.82, 2.24) is 19.0 Å². The van der Waals surface area contributed by atoms with Crippen LogP contribution in [0.2, 0.25) is 0 Å². The molecule has 1 saturated heterocycles. The van der Waals surface area contributed by atoms with E-state index in [0.29, 0.717) is 31.7 Å². The summed E-state index contributed by atoms with van der Waals surface area (Å²) < 4.78 is 4.32. The summed E-state index contributed by atoms with van der Waals surface area (Å²) in [6.07, 6.45) is 6.74. The van der Waals surface area contributed by atoms with Crippen LogP contribution in [0, 0.1) is 17.2 Å². The predicted octanol–water partition coefficient (Wildman–Crippen LogP) is 3.52. The van der Waals surface area contributed by atoms with Crippen molar-refractivity contribution in [3.63, 3.8) is 0 Å². The van der Waals surface area contributed by atoms with Crippen LogP contribution in [0.1, 0.15) is 17.5 Å². The number of carbonyl (C=O) groups excluding carboxylic acids is 1. The minimum atomic E-state index is -0.0540. The molecule has 2 aliphatic rings. The van der Waals surface area contributed by atoms with Gasteiger partial charge in [-0.05, 0) is 61.0 Å². The number of nitrogens with zero attached hydrogens (tertiary/aromatic N) is 6. The molecule has 0 aliphatic carbocycles. The summed E-state index contributed by atoms with van der Waals surface area (Å²) in [5.74, 6) is 0.962. The predicted molar refractivity (Wildman–Crippen MR) is 141 cm³/mol. The Bertz CT molecular complexity index is 1510. The van der Waals surface area contributed by atoms with Crippen LogP contribution in [0.3, 0.4) is 0 Å².